The normalized spacial score (nSPS) is 12.2. The Hall–Kier alpha value is -0.820. The average molecular weight is 351 g/mol. The van der Waals surface area contributed by atoms with Gasteiger partial charge in [-0.1, -0.05) is 13.8 Å². The van der Waals surface area contributed by atoms with Crippen LogP contribution in [-0.2, 0) is 10.0 Å². The van der Waals surface area contributed by atoms with E-state index in [0.29, 0.717) is 13.1 Å². The molecule has 0 aromatic heterocycles. The van der Waals surface area contributed by atoms with Gasteiger partial charge in [0.2, 0.25) is 10.0 Å². The molecule has 0 atom stereocenters. The molecule has 0 aliphatic carbocycles. The number of nitrogens with zero attached hydrogens (tertiary/aromatic N) is 1. The molecule has 1 aromatic rings. The Morgan fingerprint density at radius 3 is 2.05 bits per heavy atom. The summed E-state index contributed by atoms with van der Waals surface area (Å²) in [5.41, 5.74) is 7.04. The van der Waals surface area contributed by atoms with E-state index in [1.807, 2.05) is 27.7 Å². The summed E-state index contributed by atoms with van der Waals surface area (Å²) in [4.78, 5) is 0.286. The molecule has 0 bridgehead atoms. The Bertz CT molecular complexity index is 592. The van der Waals surface area contributed by atoms with Crippen molar-refractivity contribution in [2.45, 2.75) is 32.6 Å². The molecule has 0 aliphatic heterocycles. The Morgan fingerprint density at radius 2 is 1.68 bits per heavy atom. The smallest absolute Gasteiger partial charge is 0.242 e. The molecule has 7 heteroatoms. The zero-order valence-electron chi connectivity index (χ0n) is 14.1. The predicted molar refractivity (Wildman–Crippen MR) is 92.4 cm³/mol. The van der Waals surface area contributed by atoms with Crippen molar-refractivity contribution in [3.05, 3.63) is 23.3 Å². The lowest BCUT2D eigenvalue weighted by atomic mass is 9.94. The molecule has 0 saturated heterocycles. The lowest BCUT2D eigenvalue weighted by Crippen LogP contribution is -2.39. The fraction of sp³-hybridized carbons (Fsp3) is 0.600. The van der Waals surface area contributed by atoms with Gasteiger partial charge in [0.05, 0.1) is 12.0 Å². The second-order valence-electron chi connectivity index (χ2n) is 6.22. The maximum atomic E-state index is 12.7. The van der Waals surface area contributed by atoms with Crippen LogP contribution in [0.2, 0.25) is 0 Å². The highest BCUT2D eigenvalue weighted by Gasteiger charge is 2.28. The Labute approximate surface area is 140 Å². The number of sulfonamides is 1. The molecule has 2 N–H and O–H groups in total. The standard InChI is InChI=1S/C15H26N2O3S.ClH/c1-11-7-13(8-12(2)14(11)20-6)21(18,19)17(5)10-15(3,4)9-16;/h7-8H,9-10,16H2,1-6H3;1H. The van der Waals surface area contributed by atoms with E-state index < -0.39 is 10.0 Å². The fourth-order valence-corrected chi connectivity index (χ4v) is 3.84. The van der Waals surface area contributed by atoms with Gasteiger partial charge < -0.3 is 10.5 Å². The Morgan fingerprint density at radius 1 is 1.23 bits per heavy atom. The molecular weight excluding hydrogens is 324 g/mol. The van der Waals surface area contributed by atoms with E-state index in [2.05, 4.69) is 0 Å². The van der Waals surface area contributed by atoms with Crippen molar-refractivity contribution in [1.29, 1.82) is 0 Å². The molecule has 1 aromatic carbocycles. The SMILES string of the molecule is COc1c(C)cc(S(=O)(=O)N(C)CC(C)(C)CN)cc1C.Cl. The summed E-state index contributed by atoms with van der Waals surface area (Å²) in [5, 5.41) is 0. The topological polar surface area (TPSA) is 72.6 Å². The first-order valence-corrected chi connectivity index (χ1v) is 8.31. The second-order valence-corrected chi connectivity index (χ2v) is 8.26. The largest absolute Gasteiger partial charge is 0.496 e. The summed E-state index contributed by atoms with van der Waals surface area (Å²) < 4.78 is 32.0. The average Bonchev–Trinajstić information content (AvgIpc) is 2.37. The van der Waals surface area contributed by atoms with Crippen LogP contribution in [0, 0.1) is 19.3 Å². The molecule has 0 saturated carbocycles. The third kappa shape index (κ3) is 4.59. The maximum absolute atomic E-state index is 12.7. The Kier molecular flexibility index (Phi) is 7.35. The molecule has 22 heavy (non-hydrogen) atoms. The van der Waals surface area contributed by atoms with Crippen molar-refractivity contribution in [3.63, 3.8) is 0 Å². The van der Waals surface area contributed by atoms with Crippen molar-refractivity contribution in [3.8, 4) is 5.75 Å². The first kappa shape index (κ1) is 21.2. The van der Waals surface area contributed by atoms with E-state index in [1.165, 1.54) is 4.31 Å². The molecular formula is C15H27ClN2O3S. The first-order chi connectivity index (χ1) is 9.55. The van der Waals surface area contributed by atoms with Gasteiger partial charge in [0.1, 0.15) is 5.75 Å². The number of ether oxygens (including phenoxy) is 1. The number of hydrogen-bond acceptors (Lipinski definition) is 4. The van der Waals surface area contributed by atoms with E-state index in [-0.39, 0.29) is 22.7 Å². The molecule has 0 fully saturated rings. The lowest BCUT2D eigenvalue weighted by molar-refractivity contribution is 0.292. The number of benzene rings is 1. The number of methoxy groups -OCH3 is 1. The molecule has 5 nitrogen and oxygen atoms in total. The van der Waals surface area contributed by atoms with Crippen LogP contribution in [0.15, 0.2) is 17.0 Å². The van der Waals surface area contributed by atoms with Crippen LogP contribution < -0.4 is 10.5 Å². The third-order valence-corrected chi connectivity index (χ3v) is 5.33. The summed E-state index contributed by atoms with van der Waals surface area (Å²) in [6, 6.07) is 3.29. The van der Waals surface area contributed by atoms with Crippen LogP contribution >= 0.6 is 12.4 Å². The molecule has 0 radical (unpaired) electrons. The van der Waals surface area contributed by atoms with Gasteiger partial charge in [-0.2, -0.15) is 0 Å². The minimum Gasteiger partial charge on any atom is -0.496 e. The van der Waals surface area contributed by atoms with Crippen molar-refractivity contribution < 1.29 is 13.2 Å². The highest BCUT2D eigenvalue weighted by Crippen LogP contribution is 2.28. The minimum absolute atomic E-state index is 0. The van der Waals surface area contributed by atoms with Crippen LogP contribution in [0.25, 0.3) is 0 Å². The van der Waals surface area contributed by atoms with Gasteiger partial charge in [0.15, 0.2) is 0 Å². The lowest BCUT2D eigenvalue weighted by Gasteiger charge is -2.28. The number of rotatable bonds is 6. The summed E-state index contributed by atoms with van der Waals surface area (Å²) >= 11 is 0. The summed E-state index contributed by atoms with van der Waals surface area (Å²) in [5.74, 6) is 0.721. The van der Waals surface area contributed by atoms with E-state index in [0.717, 1.165) is 16.9 Å². The summed E-state index contributed by atoms with van der Waals surface area (Å²) in [6.07, 6.45) is 0. The van der Waals surface area contributed by atoms with Crippen LogP contribution in [0.3, 0.4) is 0 Å². The van der Waals surface area contributed by atoms with E-state index in [4.69, 9.17) is 10.5 Å². The van der Waals surface area contributed by atoms with Gasteiger partial charge in [0.25, 0.3) is 0 Å². The Balaban J connectivity index is 0.00000441. The first-order valence-electron chi connectivity index (χ1n) is 6.87. The van der Waals surface area contributed by atoms with Gasteiger partial charge in [0, 0.05) is 13.6 Å². The third-order valence-electron chi connectivity index (χ3n) is 3.55. The van der Waals surface area contributed by atoms with Crippen LogP contribution in [-0.4, -0.2) is 40.0 Å². The van der Waals surface area contributed by atoms with Crippen LogP contribution in [0.5, 0.6) is 5.75 Å². The highest BCUT2D eigenvalue weighted by molar-refractivity contribution is 7.89. The second kappa shape index (κ2) is 7.64. The summed E-state index contributed by atoms with van der Waals surface area (Å²) in [6.45, 7) is 8.37. The van der Waals surface area contributed by atoms with E-state index in [1.54, 1.807) is 26.3 Å². The van der Waals surface area contributed by atoms with E-state index in [9.17, 15) is 8.42 Å². The van der Waals surface area contributed by atoms with Gasteiger partial charge in [-0.05, 0) is 49.1 Å². The number of nitrogens with two attached hydrogens (primary N) is 1. The van der Waals surface area contributed by atoms with Gasteiger partial charge in [-0.25, -0.2) is 12.7 Å². The molecule has 0 spiro atoms. The fourth-order valence-electron chi connectivity index (χ4n) is 2.31. The van der Waals surface area contributed by atoms with Gasteiger partial charge >= 0.3 is 0 Å². The minimum atomic E-state index is -3.53. The number of halogens is 1. The van der Waals surface area contributed by atoms with Gasteiger partial charge in [-0.3, -0.25) is 0 Å². The zero-order chi connectivity index (χ0) is 16.4. The van der Waals surface area contributed by atoms with Gasteiger partial charge in [-0.15, -0.1) is 12.4 Å². The monoisotopic (exact) mass is 350 g/mol. The quantitative estimate of drug-likeness (QED) is 0.854. The van der Waals surface area contributed by atoms with Crippen molar-refractivity contribution in [2.75, 3.05) is 27.2 Å². The summed E-state index contributed by atoms with van der Waals surface area (Å²) in [7, 11) is -0.362. The van der Waals surface area contributed by atoms with Crippen molar-refractivity contribution in [2.24, 2.45) is 11.1 Å². The number of aryl methyl sites for hydroxylation is 2. The van der Waals surface area contributed by atoms with E-state index >= 15 is 0 Å². The van der Waals surface area contributed by atoms with Crippen LogP contribution in [0.4, 0.5) is 0 Å². The molecule has 1 rings (SSSR count). The highest BCUT2D eigenvalue weighted by atomic mass is 35.5. The molecule has 128 valence electrons. The molecule has 0 aliphatic rings. The van der Waals surface area contributed by atoms with Crippen molar-refractivity contribution >= 4 is 22.4 Å². The maximum Gasteiger partial charge on any atom is 0.242 e. The molecule has 0 amide bonds. The predicted octanol–water partition coefficient (Wildman–Crippen LogP) is 2.34. The van der Waals surface area contributed by atoms with Crippen molar-refractivity contribution in [1.82, 2.24) is 4.31 Å². The zero-order valence-corrected chi connectivity index (χ0v) is 15.8. The molecule has 0 unspecified atom stereocenters. The molecule has 0 heterocycles. The number of hydrogen-bond donors (Lipinski definition) is 1. The van der Waals surface area contributed by atoms with Crippen LogP contribution in [0.1, 0.15) is 25.0 Å².